The summed E-state index contributed by atoms with van der Waals surface area (Å²) in [7, 11) is 0. The first-order chi connectivity index (χ1) is 11.3. The molecule has 1 aromatic heterocycles. The SMILES string of the molecule is Clc1ccc2[nH]c(-c3ccccc3)c(SCC3NNNN3)c2c1. The smallest absolute Gasteiger partial charge is 0.0952 e. The van der Waals surface area contributed by atoms with E-state index in [0.29, 0.717) is 0 Å². The second kappa shape index (κ2) is 6.52. The highest BCUT2D eigenvalue weighted by molar-refractivity contribution is 7.99. The van der Waals surface area contributed by atoms with Gasteiger partial charge >= 0.3 is 0 Å². The van der Waals surface area contributed by atoms with E-state index in [1.54, 1.807) is 11.8 Å². The third-order valence-electron chi connectivity index (χ3n) is 3.73. The molecule has 2 aromatic carbocycles. The van der Waals surface area contributed by atoms with Crippen LogP contribution in [0, 0.1) is 0 Å². The topological polar surface area (TPSA) is 63.9 Å². The van der Waals surface area contributed by atoms with Crippen molar-refractivity contribution < 1.29 is 0 Å². The average molecular weight is 346 g/mol. The second-order valence-corrected chi connectivity index (χ2v) is 6.75. The van der Waals surface area contributed by atoms with E-state index in [-0.39, 0.29) is 6.17 Å². The average Bonchev–Trinajstić information content (AvgIpc) is 3.21. The van der Waals surface area contributed by atoms with Gasteiger partial charge in [-0.15, -0.1) is 11.8 Å². The lowest BCUT2D eigenvalue weighted by Crippen LogP contribution is -2.35. The Balaban J connectivity index is 1.76. The van der Waals surface area contributed by atoms with Crippen LogP contribution in [0.1, 0.15) is 0 Å². The lowest BCUT2D eigenvalue weighted by Gasteiger charge is -2.09. The number of benzene rings is 2. The first-order valence-corrected chi connectivity index (χ1v) is 8.68. The summed E-state index contributed by atoms with van der Waals surface area (Å²) >= 11 is 7.99. The van der Waals surface area contributed by atoms with E-state index in [2.05, 4.69) is 51.2 Å². The van der Waals surface area contributed by atoms with Crippen LogP contribution in [0.25, 0.3) is 22.2 Å². The molecule has 1 aliphatic heterocycles. The van der Waals surface area contributed by atoms with Gasteiger partial charge in [0.25, 0.3) is 0 Å². The lowest BCUT2D eigenvalue weighted by atomic mass is 10.1. The minimum absolute atomic E-state index is 0.146. The van der Waals surface area contributed by atoms with Gasteiger partial charge in [0.1, 0.15) is 0 Å². The van der Waals surface area contributed by atoms with Gasteiger partial charge in [0, 0.05) is 26.6 Å². The molecule has 0 atom stereocenters. The standard InChI is InChI=1S/C16H16ClN5S/c17-11-6-7-13-12(8-11)16(23-9-14-19-21-22-20-14)15(18-13)10-4-2-1-3-5-10/h1-8,14,18-22H,9H2. The van der Waals surface area contributed by atoms with Crippen LogP contribution in [-0.4, -0.2) is 16.9 Å². The van der Waals surface area contributed by atoms with E-state index in [4.69, 9.17) is 11.6 Å². The van der Waals surface area contributed by atoms with Gasteiger partial charge < -0.3 is 4.98 Å². The number of aromatic amines is 1. The molecule has 7 heteroatoms. The fourth-order valence-electron chi connectivity index (χ4n) is 2.63. The monoisotopic (exact) mass is 345 g/mol. The highest BCUT2D eigenvalue weighted by Gasteiger charge is 2.18. The zero-order valence-corrected chi connectivity index (χ0v) is 13.8. The fraction of sp³-hybridized carbons (Fsp3) is 0.125. The van der Waals surface area contributed by atoms with Gasteiger partial charge in [0.05, 0.1) is 11.9 Å². The molecule has 2 heterocycles. The molecule has 5 nitrogen and oxygen atoms in total. The minimum atomic E-state index is 0.146. The van der Waals surface area contributed by atoms with Gasteiger partial charge in [0.2, 0.25) is 0 Å². The molecule has 4 rings (SSSR count). The van der Waals surface area contributed by atoms with E-state index in [9.17, 15) is 0 Å². The molecule has 5 N–H and O–H groups in total. The number of aromatic nitrogens is 1. The van der Waals surface area contributed by atoms with Crippen molar-refractivity contribution in [2.45, 2.75) is 11.1 Å². The molecule has 0 radical (unpaired) electrons. The number of nitrogens with one attached hydrogen (secondary N) is 5. The number of halogens is 1. The predicted molar refractivity (Wildman–Crippen MR) is 95.8 cm³/mol. The van der Waals surface area contributed by atoms with Crippen molar-refractivity contribution in [2.24, 2.45) is 0 Å². The molecular formula is C16H16ClN5S. The van der Waals surface area contributed by atoms with Crippen molar-refractivity contribution in [3.63, 3.8) is 0 Å². The Kier molecular flexibility index (Phi) is 4.26. The van der Waals surface area contributed by atoms with Crippen LogP contribution in [0.5, 0.6) is 0 Å². The Hall–Kier alpha value is -1.54. The Bertz CT molecular complexity index is 814. The molecule has 0 spiro atoms. The summed E-state index contributed by atoms with van der Waals surface area (Å²) in [4.78, 5) is 4.74. The van der Waals surface area contributed by atoms with Gasteiger partial charge in [-0.05, 0) is 23.8 Å². The van der Waals surface area contributed by atoms with Gasteiger partial charge in [0.15, 0.2) is 0 Å². The van der Waals surface area contributed by atoms with Crippen molar-refractivity contribution in [3.8, 4) is 11.3 Å². The normalized spacial score (nSPS) is 15.5. The minimum Gasteiger partial charge on any atom is -0.354 e. The van der Waals surface area contributed by atoms with Crippen molar-refractivity contribution >= 4 is 34.3 Å². The van der Waals surface area contributed by atoms with Crippen LogP contribution in [0.15, 0.2) is 53.4 Å². The van der Waals surface area contributed by atoms with E-state index in [1.165, 1.54) is 10.5 Å². The number of H-pyrrole nitrogens is 1. The largest absolute Gasteiger partial charge is 0.354 e. The van der Waals surface area contributed by atoms with E-state index in [1.807, 2.05) is 24.3 Å². The predicted octanol–water partition coefficient (Wildman–Crippen LogP) is 3.02. The Morgan fingerprint density at radius 2 is 1.78 bits per heavy atom. The maximum absolute atomic E-state index is 6.21. The van der Waals surface area contributed by atoms with E-state index >= 15 is 0 Å². The number of thioether (sulfide) groups is 1. The number of hydrogen-bond acceptors (Lipinski definition) is 5. The summed E-state index contributed by atoms with van der Waals surface area (Å²) in [5.41, 5.74) is 15.3. The highest BCUT2D eigenvalue weighted by Crippen LogP contribution is 2.38. The van der Waals surface area contributed by atoms with Crippen LogP contribution in [0.4, 0.5) is 0 Å². The molecule has 1 saturated heterocycles. The van der Waals surface area contributed by atoms with Crippen LogP contribution in [0.2, 0.25) is 5.02 Å². The highest BCUT2D eigenvalue weighted by atomic mass is 35.5. The zero-order chi connectivity index (χ0) is 15.6. The first-order valence-electron chi connectivity index (χ1n) is 7.32. The van der Waals surface area contributed by atoms with Gasteiger partial charge in [-0.2, -0.15) is 11.1 Å². The molecule has 3 aromatic rings. The first kappa shape index (κ1) is 15.0. The summed E-state index contributed by atoms with van der Waals surface area (Å²) in [6, 6.07) is 16.3. The van der Waals surface area contributed by atoms with Crippen LogP contribution >= 0.6 is 23.4 Å². The summed E-state index contributed by atoms with van der Waals surface area (Å²) in [5, 5.41) is 1.90. The second-order valence-electron chi connectivity index (χ2n) is 5.29. The maximum atomic E-state index is 6.21. The van der Waals surface area contributed by atoms with Crippen molar-refractivity contribution in [2.75, 3.05) is 5.75 Å². The van der Waals surface area contributed by atoms with Gasteiger partial charge in [-0.1, -0.05) is 41.9 Å². The molecule has 1 fully saturated rings. The molecule has 1 aliphatic rings. The summed E-state index contributed by atoms with van der Waals surface area (Å²) < 4.78 is 0. The van der Waals surface area contributed by atoms with Crippen LogP contribution < -0.4 is 21.9 Å². The molecular weight excluding hydrogens is 330 g/mol. The zero-order valence-electron chi connectivity index (χ0n) is 12.2. The Labute approximate surface area is 143 Å². The molecule has 118 valence electrons. The Morgan fingerprint density at radius 3 is 2.57 bits per heavy atom. The molecule has 0 saturated carbocycles. The third kappa shape index (κ3) is 3.10. The molecule has 0 amide bonds. The fourth-order valence-corrected chi connectivity index (χ4v) is 3.94. The van der Waals surface area contributed by atoms with E-state index in [0.717, 1.165) is 27.4 Å². The molecule has 0 aliphatic carbocycles. The van der Waals surface area contributed by atoms with Crippen molar-refractivity contribution in [1.29, 1.82) is 0 Å². The van der Waals surface area contributed by atoms with Crippen molar-refractivity contribution in [1.82, 2.24) is 26.9 Å². The summed E-state index contributed by atoms with van der Waals surface area (Å²) in [6.07, 6.45) is 0.146. The number of hydrogen-bond donors (Lipinski definition) is 5. The van der Waals surface area contributed by atoms with E-state index < -0.39 is 0 Å². The Morgan fingerprint density at radius 1 is 1.00 bits per heavy atom. The molecule has 0 bridgehead atoms. The van der Waals surface area contributed by atoms with Crippen molar-refractivity contribution in [3.05, 3.63) is 53.6 Å². The molecule has 0 unspecified atom stereocenters. The number of hydrazine groups is 3. The lowest BCUT2D eigenvalue weighted by molar-refractivity contribution is 0.556. The quantitative estimate of drug-likeness (QED) is 0.470. The maximum Gasteiger partial charge on any atom is 0.0952 e. The van der Waals surface area contributed by atoms with Crippen LogP contribution in [0.3, 0.4) is 0 Å². The summed E-state index contributed by atoms with van der Waals surface area (Å²) in [6.45, 7) is 0. The van der Waals surface area contributed by atoms with Gasteiger partial charge in [-0.3, -0.25) is 0 Å². The van der Waals surface area contributed by atoms with Crippen LogP contribution in [-0.2, 0) is 0 Å². The number of rotatable bonds is 4. The summed E-state index contributed by atoms with van der Waals surface area (Å²) in [5.74, 6) is 0.860. The number of fused-ring (bicyclic) bond motifs is 1. The third-order valence-corrected chi connectivity index (χ3v) is 5.17. The molecule has 23 heavy (non-hydrogen) atoms. The van der Waals surface area contributed by atoms with Gasteiger partial charge in [-0.25, -0.2) is 10.9 Å².